The van der Waals surface area contributed by atoms with Gasteiger partial charge in [0.25, 0.3) is 5.69 Å². The topological polar surface area (TPSA) is 95.7 Å². The van der Waals surface area contributed by atoms with Gasteiger partial charge in [-0.15, -0.1) is 0 Å². The van der Waals surface area contributed by atoms with Crippen molar-refractivity contribution in [3.8, 4) is 5.75 Å². The molecule has 0 heterocycles. The van der Waals surface area contributed by atoms with Gasteiger partial charge in [-0.3, -0.25) is 14.9 Å². The monoisotopic (exact) mass is 413 g/mol. The van der Waals surface area contributed by atoms with E-state index in [9.17, 15) is 19.7 Å². The van der Waals surface area contributed by atoms with E-state index < -0.39 is 10.9 Å². The van der Waals surface area contributed by atoms with Gasteiger partial charge in [0, 0.05) is 18.9 Å². The largest absolute Gasteiger partial charge is 0.482 e. The van der Waals surface area contributed by atoms with E-state index in [4.69, 9.17) is 9.47 Å². The highest BCUT2D eigenvalue weighted by Gasteiger charge is 2.27. The Kier molecular flexibility index (Phi) is 6.66. The third-order valence-electron chi connectivity index (χ3n) is 4.20. The number of carbonyl (C=O) groups excluding carboxylic acids is 2. The quantitative estimate of drug-likeness (QED) is 0.372. The molecule has 0 aromatic heterocycles. The number of allylic oxidation sites excluding steroid dienone is 2. The molecule has 3 rings (SSSR count). The SMILES string of the molecule is Cc1ccc(OCC(=O)OC2=C(Sc3ccccc3[N+](=O)[O-])C(=O)CCC2)cc1. The highest BCUT2D eigenvalue weighted by Crippen LogP contribution is 2.39. The van der Waals surface area contributed by atoms with Gasteiger partial charge in [0.1, 0.15) is 11.5 Å². The lowest BCUT2D eigenvalue weighted by Gasteiger charge is -2.18. The molecule has 0 N–H and O–H groups in total. The number of aryl methyl sites for hydroxylation is 1. The maximum atomic E-state index is 12.4. The van der Waals surface area contributed by atoms with Crippen molar-refractivity contribution in [2.75, 3.05) is 6.61 Å². The van der Waals surface area contributed by atoms with Crippen LogP contribution in [-0.2, 0) is 14.3 Å². The molecule has 8 heteroatoms. The van der Waals surface area contributed by atoms with Gasteiger partial charge in [-0.05, 0) is 31.5 Å². The summed E-state index contributed by atoms with van der Waals surface area (Å²) in [7, 11) is 0. The molecule has 0 amide bonds. The number of carbonyl (C=O) groups is 2. The normalized spacial score (nSPS) is 13.9. The van der Waals surface area contributed by atoms with Crippen LogP contribution in [0.4, 0.5) is 5.69 Å². The molecule has 0 aliphatic heterocycles. The zero-order valence-corrected chi connectivity index (χ0v) is 16.6. The zero-order valence-electron chi connectivity index (χ0n) is 15.8. The summed E-state index contributed by atoms with van der Waals surface area (Å²) in [5, 5.41) is 11.2. The van der Waals surface area contributed by atoms with E-state index in [1.165, 1.54) is 6.07 Å². The first kappa shape index (κ1) is 20.6. The molecule has 0 saturated heterocycles. The van der Waals surface area contributed by atoms with Crippen molar-refractivity contribution in [3.63, 3.8) is 0 Å². The summed E-state index contributed by atoms with van der Waals surface area (Å²) in [4.78, 5) is 35.9. The lowest BCUT2D eigenvalue weighted by atomic mass is 10.0. The summed E-state index contributed by atoms with van der Waals surface area (Å²) in [5.41, 5.74) is 0.972. The van der Waals surface area contributed by atoms with Gasteiger partial charge in [0.05, 0.1) is 14.7 Å². The van der Waals surface area contributed by atoms with E-state index in [0.717, 1.165) is 17.3 Å². The van der Waals surface area contributed by atoms with Crippen LogP contribution in [0, 0.1) is 17.0 Å². The second-order valence-corrected chi connectivity index (χ2v) is 7.48. The Labute approximate surface area is 171 Å². The maximum absolute atomic E-state index is 12.4. The molecule has 2 aromatic carbocycles. The number of esters is 1. The van der Waals surface area contributed by atoms with Crippen LogP contribution in [0.5, 0.6) is 5.75 Å². The summed E-state index contributed by atoms with van der Waals surface area (Å²) in [6.07, 6.45) is 1.27. The Morgan fingerprint density at radius 1 is 1.14 bits per heavy atom. The molecule has 0 spiro atoms. The van der Waals surface area contributed by atoms with Crippen LogP contribution in [-0.4, -0.2) is 23.3 Å². The number of ether oxygens (including phenoxy) is 2. The first-order valence-electron chi connectivity index (χ1n) is 9.02. The van der Waals surface area contributed by atoms with Gasteiger partial charge >= 0.3 is 5.97 Å². The molecule has 1 aliphatic rings. The predicted octanol–water partition coefficient (Wildman–Crippen LogP) is 4.58. The fraction of sp³-hybridized carbons (Fsp3) is 0.238. The van der Waals surface area contributed by atoms with Gasteiger partial charge in [-0.25, -0.2) is 4.79 Å². The molecule has 0 radical (unpaired) electrons. The number of nitro groups is 1. The molecule has 29 heavy (non-hydrogen) atoms. The molecule has 1 aliphatic carbocycles. The average Bonchev–Trinajstić information content (AvgIpc) is 2.70. The van der Waals surface area contributed by atoms with Crippen molar-refractivity contribution in [2.45, 2.75) is 31.1 Å². The van der Waals surface area contributed by atoms with Gasteiger partial charge in [-0.1, -0.05) is 41.6 Å². The minimum Gasteiger partial charge on any atom is -0.482 e. The van der Waals surface area contributed by atoms with E-state index >= 15 is 0 Å². The number of hydrogen-bond acceptors (Lipinski definition) is 7. The standard InChI is InChI=1S/C21H19NO6S/c1-14-9-11-15(12-10-14)27-13-20(24)28-18-7-4-6-17(23)21(18)29-19-8-3-2-5-16(19)22(25)26/h2-3,5,8-12H,4,6-7,13H2,1H3. The third kappa shape index (κ3) is 5.45. The van der Waals surface area contributed by atoms with Crippen LogP contribution in [0.2, 0.25) is 0 Å². The van der Waals surface area contributed by atoms with E-state index in [0.29, 0.717) is 29.9 Å². The van der Waals surface area contributed by atoms with E-state index in [2.05, 4.69) is 0 Å². The van der Waals surface area contributed by atoms with Crippen LogP contribution < -0.4 is 4.74 Å². The summed E-state index contributed by atoms with van der Waals surface area (Å²) in [6, 6.07) is 13.4. The lowest BCUT2D eigenvalue weighted by molar-refractivity contribution is -0.387. The minimum atomic E-state index is -0.629. The molecule has 2 aromatic rings. The van der Waals surface area contributed by atoms with Crippen LogP contribution in [0.3, 0.4) is 0 Å². The second kappa shape index (κ2) is 9.38. The number of thioether (sulfide) groups is 1. The molecule has 0 atom stereocenters. The number of benzene rings is 2. The zero-order chi connectivity index (χ0) is 20.8. The van der Waals surface area contributed by atoms with Gasteiger partial charge in [0.2, 0.25) is 0 Å². The first-order valence-corrected chi connectivity index (χ1v) is 9.83. The van der Waals surface area contributed by atoms with E-state index in [1.807, 2.05) is 19.1 Å². The van der Waals surface area contributed by atoms with Crippen molar-refractivity contribution in [1.29, 1.82) is 0 Å². The average molecular weight is 413 g/mol. The smallest absolute Gasteiger partial charge is 0.349 e. The van der Waals surface area contributed by atoms with E-state index in [-0.39, 0.29) is 28.7 Å². The molecule has 0 bridgehead atoms. The number of nitro benzene ring substituents is 1. The fourth-order valence-corrected chi connectivity index (χ4v) is 3.84. The molecule has 0 fully saturated rings. The molecular formula is C21H19NO6S. The number of hydrogen-bond donors (Lipinski definition) is 0. The number of ketones is 1. The number of Topliss-reactive ketones (excluding diaryl/α,β-unsaturated/α-hetero) is 1. The van der Waals surface area contributed by atoms with E-state index in [1.54, 1.807) is 30.3 Å². The second-order valence-electron chi connectivity index (χ2n) is 6.43. The highest BCUT2D eigenvalue weighted by atomic mass is 32.2. The maximum Gasteiger partial charge on any atom is 0.349 e. The Balaban J connectivity index is 1.74. The lowest BCUT2D eigenvalue weighted by Crippen LogP contribution is -2.19. The van der Waals surface area contributed by atoms with Crippen molar-refractivity contribution in [1.82, 2.24) is 0 Å². The Morgan fingerprint density at radius 3 is 2.59 bits per heavy atom. The number of nitrogens with zero attached hydrogens (tertiary/aromatic N) is 1. The summed E-state index contributed by atoms with van der Waals surface area (Å²) in [5.74, 6) is -0.0461. The summed E-state index contributed by atoms with van der Waals surface area (Å²) < 4.78 is 10.8. The summed E-state index contributed by atoms with van der Waals surface area (Å²) in [6.45, 7) is 1.64. The van der Waals surface area contributed by atoms with Gasteiger partial charge in [-0.2, -0.15) is 0 Å². The molecule has 7 nitrogen and oxygen atoms in total. The number of rotatable bonds is 7. The molecule has 150 valence electrons. The van der Waals surface area contributed by atoms with Crippen LogP contribution in [0.25, 0.3) is 0 Å². The van der Waals surface area contributed by atoms with Crippen LogP contribution >= 0.6 is 11.8 Å². The summed E-state index contributed by atoms with van der Waals surface area (Å²) >= 11 is 0.964. The van der Waals surface area contributed by atoms with Crippen LogP contribution in [0.1, 0.15) is 24.8 Å². The van der Waals surface area contributed by atoms with Crippen LogP contribution in [0.15, 0.2) is 64.1 Å². The molecular weight excluding hydrogens is 394 g/mol. The Bertz CT molecular complexity index is 967. The van der Waals surface area contributed by atoms with Crippen molar-refractivity contribution >= 4 is 29.2 Å². The van der Waals surface area contributed by atoms with Crippen molar-refractivity contribution in [3.05, 3.63) is 74.9 Å². The third-order valence-corrected chi connectivity index (χ3v) is 5.43. The van der Waals surface area contributed by atoms with Gasteiger partial charge < -0.3 is 9.47 Å². The van der Waals surface area contributed by atoms with Gasteiger partial charge in [0.15, 0.2) is 12.4 Å². The van der Waals surface area contributed by atoms with Crippen molar-refractivity contribution < 1.29 is 24.0 Å². The molecule has 0 saturated carbocycles. The highest BCUT2D eigenvalue weighted by molar-refractivity contribution is 8.04. The first-order chi connectivity index (χ1) is 13.9. The fourth-order valence-electron chi connectivity index (χ4n) is 2.75. The number of para-hydroxylation sites is 1. The molecule has 0 unspecified atom stereocenters. The Hall–Kier alpha value is -3.13. The Morgan fingerprint density at radius 2 is 1.86 bits per heavy atom. The van der Waals surface area contributed by atoms with Crippen molar-refractivity contribution in [2.24, 2.45) is 0 Å². The minimum absolute atomic E-state index is 0.100. The predicted molar refractivity (Wildman–Crippen MR) is 108 cm³/mol.